The molecule has 0 atom stereocenters. The number of carbonyl (C=O) groups is 2. The molecule has 2 aromatic carbocycles. The predicted octanol–water partition coefficient (Wildman–Crippen LogP) is 3.32. The van der Waals surface area contributed by atoms with Crippen molar-refractivity contribution in [1.82, 2.24) is 4.90 Å². The fraction of sp³-hybridized carbons (Fsp3) is 0.333. The minimum atomic E-state index is -0.381. The first kappa shape index (κ1) is 18.1. The Bertz CT molecular complexity index is 736. The molecular formula is C21H24N2O3. The van der Waals surface area contributed by atoms with Gasteiger partial charge in [-0.1, -0.05) is 30.3 Å². The minimum absolute atomic E-state index is 0.0299. The molecule has 1 aliphatic heterocycles. The molecule has 0 bridgehead atoms. The normalized spacial score (nSPS) is 15.4. The maximum Gasteiger partial charge on any atom is 0.337 e. The monoisotopic (exact) mass is 352 g/mol. The Labute approximate surface area is 154 Å². The second kappa shape index (κ2) is 8.63. The zero-order chi connectivity index (χ0) is 18.4. The number of hydrogen-bond donors (Lipinski definition) is 1. The summed E-state index contributed by atoms with van der Waals surface area (Å²) in [5, 5.41) is 2.95. The van der Waals surface area contributed by atoms with Crippen LogP contribution in [0, 0.1) is 5.92 Å². The molecule has 0 radical (unpaired) electrons. The van der Waals surface area contributed by atoms with E-state index in [1.54, 1.807) is 24.3 Å². The molecule has 1 aliphatic rings. The van der Waals surface area contributed by atoms with Crippen LogP contribution in [0.5, 0.6) is 0 Å². The first-order chi connectivity index (χ1) is 12.7. The van der Waals surface area contributed by atoms with Crippen molar-refractivity contribution in [2.24, 2.45) is 5.92 Å². The molecule has 0 saturated carbocycles. The molecule has 1 amide bonds. The Morgan fingerprint density at radius 1 is 1.04 bits per heavy atom. The summed E-state index contributed by atoms with van der Waals surface area (Å²) in [4.78, 5) is 26.3. The lowest BCUT2D eigenvalue weighted by atomic mass is 9.95. The van der Waals surface area contributed by atoms with E-state index < -0.39 is 0 Å². The second-order valence-electron chi connectivity index (χ2n) is 6.59. The largest absolute Gasteiger partial charge is 0.465 e. The molecule has 1 N–H and O–H groups in total. The number of anilines is 1. The number of amides is 1. The molecule has 0 aliphatic carbocycles. The smallest absolute Gasteiger partial charge is 0.337 e. The zero-order valence-corrected chi connectivity index (χ0v) is 15.0. The van der Waals surface area contributed by atoms with E-state index in [2.05, 4.69) is 39.2 Å². The van der Waals surface area contributed by atoms with Gasteiger partial charge in [-0.25, -0.2) is 4.79 Å². The number of carbonyl (C=O) groups excluding carboxylic acids is 2. The summed E-state index contributed by atoms with van der Waals surface area (Å²) in [7, 11) is 1.35. The molecule has 0 spiro atoms. The van der Waals surface area contributed by atoms with Crippen LogP contribution in [0.15, 0.2) is 54.6 Å². The van der Waals surface area contributed by atoms with Crippen LogP contribution in [0.2, 0.25) is 0 Å². The van der Waals surface area contributed by atoms with Crippen LogP contribution in [0.1, 0.15) is 28.8 Å². The average molecular weight is 352 g/mol. The van der Waals surface area contributed by atoms with Crippen molar-refractivity contribution in [3.63, 3.8) is 0 Å². The Balaban J connectivity index is 1.48. The number of esters is 1. The van der Waals surface area contributed by atoms with Crippen LogP contribution in [-0.4, -0.2) is 37.0 Å². The highest BCUT2D eigenvalue weighted by Crippen LogP contribution is 2.21. The number of hydrogen-bond acceptors (Lipinski definition) is 4. The number of likely N-dealkylation sites (tertiary alicyclic amines) is 1. The summed E-state index contributed by atoms with van der Waals surface area (Å²) >= 11 is 0. The van der Waals surface area contributed by atoms with Crippen molar-refractivity contribution < 1.29 is 14.3 Å². The fourth-order valence-electron chi connectivity index (χ4n) is 3.25. The molecule has 5 nitrogen and oxygen atoms in total. The number of ether oxygens (including phenoxy) is 1. The lowest BCUT2D eigenvalue weighted by molar-refractivity contribution is -0.121. The summed E-state index contributed by atoms with van der Waals surface area (Å²) < 4.78 is 4.67. The number of benzene rings is 2. The lowest BCUT2D eigenvalue weighted by Crippen LogP contribution is -2.37. The first-order valence-electron chi connectivity index (χ1n) is 8.91. The average Bonchev–Trinajstić information content (AvgIpc) is 2.69. The summed E-state index contributed by atoms with van der Waals surface area (Å²) in [5.41, 5.74) is 2.48. The third kappa shape index (κ3) is 4.70. The molecule has 1 saturated heterocycles. The summed E-state index contributed by atoms with van der Waals surface area (Å²) in [6, 6.07) is 17.2. The van der Waals surface area contributed by atoms with Gasteiger partial charge in [0.1, 0.15) is 0 Å². The van der Waals surface area contributed by atoms with E-state index in [9.17, 15) is 9.59 Å². The number of methoxy groups -OCH3 is 1. The third-order valence-electron chi connectivity index (χ3n) is 4.78. The van der Waals surface area contributed by atoms with Gasteiger partial charge in [-0.15, -0.1) is 0 Å². The van der Waals surface area contributed by atoms with Crippen molar-refractivity contribution >= 4 is 17.6 Å². The minimum Gasteiger partial charge on any atom is -0.465 e. The second-order valence-corrected chi connectivity index (χ2v) is 6.59. The molecule has 2 aromatic rings. The highest BCUT2D eigenvalue weighted by Gasteiger charge is 2.25. The first-order valence-corrected chi connectivity index (χ1v) is 8.91. The Morgan fingerprint density at radius 2 is 1.69 bits per heavy atom. The van der Waals surface area contributed by atoms with E-state index >= 15 is 0 Å². The fourth-order valence-corrected chi connectivity index (χ4v) is 3.25. The third-order valence-corrected chi connectivity index (χ3v) is 4.78. The van der Waals surface area contributed by atoms with Crippen LogP contribution >= 0.6 is 0 Å². The van der Waals surface area contributed by atoms with Gasteiger partial charge in [0, 0.05) is 18.2 Å². The van der Waals surface area contributed by atoms with E-state index in [4.69, 9.17) is 0 Å². The highest BCUT2D eigenvalue weighted by molar-refractivity contribution is 5.94. The topological polar surface area (TPSA) is 58.6 Å². The van der Waals surface area contributed by atoms with E-state index in [1.807, 2.05) is 6.07 Å². The number of nitrogens with one attached hydrogen (secondary N) is 1. The predicted molar refractivity (Wildman–Crippen MR) is 101 cm³/mol. The van der Waals surface area contributed by atoms with Crippen LogP contribution in [0.3, 0.4) is 0 Å². The van der Waals surface area contributed by atoms with Crippen molar-refractivity contribution in [2.75, 3.05) is 25.5 Å². The zero-order valence-electron chi connectivity index (χ0n) is 15.0. The molecule has 3 rings (SSSR count). The van der Waals surface area contributed by atoms with E-state index in [0.29, 0.717) is 11.3 Å². The number of rotatable bonds is 5. The van der Waals surface area contributed by atoms with Gasteiger partial charge in [0.25, 0.3) is 0 Å². The van der Waals surface area contributed by atoms with Gasteiger partial charge in [0.2, 0.25) is 5.91 Å². The molecular weight excluding hydrogens is 328 g/mol. The van der Waals surface area contributed by atoms with Crippen LogP contribution in [0.25, 0.3) is 0 Å². The Kier molecular flexibility index (Phi) is 6.02. The summed E-state index contributed by atoms with van der Waals surface area (Å²) in [5.74, 6) is -0.300. The quantitative estimate of drug-likeness (QED) is 0.839. The molecule has 0 aromatic heterocycles. The standard InChI is InChI=1S/C21H24N2O3/c1-26-21(25)18-7-9-19(10-8-18)22-20(24)17-11-13-23(14-12-17)15-16-5-3-2-4-6-16/h2-10,17H,11-15H2,1H3,(H,22,24). The maximum absolute atomic E-state index is 12.5. The molecule has 0 unspecified atom stereocenters. The maximum atomic E-state index is 12.5. The van der Waals surface area contributed by atoms with E-state index in [-0.39, 0.29) is 17.8 Å². The van der Waals surface area contributed by atoms with Crippen molar-refractivity contribution in [3.05, 3.63) is 65.7 Å². The van der Waals surface area contributed by atoms with Crippen molar-refractivity contribution in [3.8, 4) is 0 Å². The lowest BCUT2D eigenvalue weighted by Gasteiger charge is -2.31. The SMILES string of the molecule is COC(=O)c1ccc(NC(=O)C2CCN(Cc3ccccc3)CC2)cc1. The molecule has 1 heterocycles. The number of nitrogens with zero attached hydrogens (tertiary/aromatic N) is 1. The van der Waals surface area contributed by atoms with Gasteiger partial charge in [0.05, 0.1) is 12.7 Å². The molecule has 136 valence electrons. The van der Waals surface area contributed by atoms with Crippen LogP contribution in [-0.2, 0) is 16.1 Å². The van der Waals surface area contributed by atoms with Gasteiger partial charge in [0.15, 0.2) is 0 Å². The van der Waals surface area contributed by atoms with Gasteiger partial charge in [-0.05, 0) is 55.8 Å². The molecule has 5 heteroatoms. The van der Waals surface area contributed by atoms with E-state index in [0.717, 1.165) is 32.5 Å². The van der Waals surface area contributed by atoms with Crippen molar-refractivity contribution in [1.29, 1.82) is 0 Å². The number of piperidine rings is 1. The summed E-state index contributed by atoms with van der Waals surface area (Å²) in [6.45, 7) is 2.78. The van der Waals surface area contributed by atoms with Gasteiger partial charge >= 0.3 is 5.97 Å². The summed E-state index contributed by atoms with van der Waals surface area (Å²) in [6.07, 6.45) is 1.72. The molecule has 26 heavy (non-hydrogen) atoms. The van der Waals surface area contributed by atoms with E-state index in [1.165, 1.54) is 12.7 Å². The van der Waals surface area contributed by atoms with Gasteiger partial charge in [-0.3, -0.25) is 9.69 Å². The van der Waals surface area contributed by atoms with Gasteiger partial charge < -0.3 is 10.1 Å². The Hall–Kier alpha value is -2.66. The highest BCUT2D eigenvalue weighted by atomic mass is 16.5. The molecule has 1 fully saturated rings. The van der Waals surface area contributed by atoms with Crippen LogP contribution < -0.4 is 5.32 Å². The van der Waals surface area contributed by atoms with Gasteiger partial charge in [-0.2, -0.15) is 0 Å². The van der Waals surface area contributed by atoms with Crippen LogP contribution in [0.4, 0.5) is 5.69 Å². The van der Waals surface area contributed by atoms with Crippen molar-refractivity contribution in [2.45, 2.75) is 19.4 Å². The Morgan fingerprint density at radius 3 is 2.31 bits per heavy atom.